The Balaban J connectivity index is 1.84. The minimum Gasteiger partial charge on any atom is -0.545 e. The van der Waals surface area contributed by atoms with E-state index in [1.807, 2.05) is 6.07 Å². The molecular weight excluding hydrogens is 421 g/mol. The van der Waals surface area contributed by atoms with E-state index in [-0.39, 0.29) is 15.9 Å². The van der Waals surface area contributed by atoms with E-state index in [4.69, 9.17) is 5.26 Å². The van der Waals surface area contributed by atoms with E-state index in [0.717, 1.165) is 12.1 Å². The molecule has 0 saturated carbocycles. The average Bonchev–Trinajstić information content (AvgIpc) is 3.13. The molecule has 27 heavy (non-hydrogen) atoms. The number of carboxylic acid groups (broad SMARTS) is 1. The van der Waals surface area contributed by atoms with E-state index in [1.165, 1.54) is 12.1 Å². The van der Waals surface area contributed by atoms with Gasteiger partial charge in [-0.2, -0.15) is 5.26 Å². The second kappa shape index (κ2) is 7.35. The second-order valence-corrected chi connectivity index (χ2v) is 6.10. The zero-order valence-corrected chi connectivity index (χ0v) is 14.9. The zero-order chi connectivity index (χ0) is 19.6. The van der Waals surface area contributed by atoms with Crippen LogP contribution in [0.2, 0.25) is 0 Å². The fraction of sp³-hybridized carbons (Fsp3) is 0. The summed E-state index contributed by atoms with van der Waals surface area (Å²) < 4.78 is 15.2. The Morgan fingerprint density at radius 3 is 2.63 bits per heavy atom. The van der Waals surface area contributed by atoms with Crippen molar-refractivity contribution in [1.82, 2.24) is 14.8 Å². The van der Waals surface area contributed by atoms with Gasteiger partial charge in [-0.15, -0.1) is 10.2 Å². The lowest BCUT2D eigenvalue weighted by molar-refractivity contribution is -0.254. The first-order valence-corrected chi connectivity index (χ1v) is 8.12. The number of carbonyl (C=O) groups excluding carboxylic acids is 2. The average molecular weight is 429 g/mol. The molecule has 0 radical (unpaired) electrons. The van der Waals surface area contributed by atoms with Crippen molar-refractivity contribution >= 4 is 33.5 Å². The maximum atomic E-state index is 13.7. The highest BCUT2D eigenvalue weighted by Crippen LogP contribution is 2.24. The summed E-state index contributed by atoms with van der Waals surface area (Å²) >= 11 is 2.87. The quantitative estimate of drug-likeness (QED) is 0.673. The van der Waals surface area contributed by atoms with Gasteiger partial charge in [-0.1, -0.05) is 0 Å². The van der Waals surface area contributed by atoms with Crippen LogP contribution in [0, 0.1) is 17.1 Å². The molecule has 1 aromatic carbocycles. The number of hydrogen-bond acceptors (Lipinski definition) is 6. The summed E-state index contributed by atoms with van der Waals surface area (Å²) in [6.07, 6.45) is 3.15. The molecule has 0 unspecified atom stereocenters. The third kappa shape index (κ3) is 3.83. The summed E-state index contributed by atoms with van der Waals surface area (Å²) in [7, 11) is 0. The number of nitrogens with zero attached hydrogens (tertiary/aromatic N) is 4. The lowest BCUT2D eigenvalue weighted by Gasteiger charge is -2.12. The highest BCUT2D eigenvalue weighted by atomic mass is 79.9. The molecule has 1 amide bonds. The van der Waals surface area contributed by atoms with Gasteiger partial charge in [0.2, 0.25) is 0 Å². The molecule has 0 aliphatic heterocycles. The van der Waals surface area contributed by atoms with Crippen molar-refractivity contribution in [2.75, 3.05) is 5.32 Å². The van der Waals surface area contributed by atoms with Gasteiger partial charge in [0.05, 0.1) is 21.7 Å². The van der Waals surface area contributed by atoms with Gasteiger partial charge in [-0.05, 0) is 46.3 Å². The number of nitriles is 1. The first kappa shape index (κ1) is 18.2. The largest absolute Gasteiger partial charge is 0.545 e. The van der Waals surface area contributed by atoms with E-state index in [9.17, 15) is 19.1 Å². The number of amides is 1. The van der Waals surface area contributed by atoms with Gasteiger partial charge in [0.15, 0.2) is 11.5 Å². The van der Waals surface area contributed by atoms with Crippen molar-refractivity contribution in [3.8, 4) is 11.9 Å². The van der Waals surface area contributed by atoms with Crippen LogP contribution < -0.4 is 10.4 Å². The number of rotatable bonds is 4. The number of aromatic carboxylic acids is 1. The molecule has 2 heterocycles. The normalized spacial score (nSPS) is 10.3. The highest BCUT2D eigenvalue weighted by Gasteiger charge is 2.15. The molecule has 0 saturated heterocycles. The van der Waals surface area contributed by atoms with Gasteiger partial charge in [-0.3, -0.25) is 4.79 Å². The Kier molecular flexibility index (Phi) is 4.96. The molecule has 0 spiro atoms. The molecule has 0 atom stereocenters. The fourth-order valence-corrected chi connectivity index (χ4v) is 2.54. The number of aromatic nitrogens is 3. The number of halogens is 2. The van der Waals surface area contributed by atoms with Gasteiger partial charge >= 0.3 is 0 Å². The summed E-state index contributed by atoms with van der Waals surface area (Å²) in [6.45, 7) is 0. The molecule has 0 aliphatic rings. The Bertz CT molecular complexity index is 1090. The molecule has 8 nitrogen and oxygen atoms in total. The van der Waals surface area contributed by atoms with Gasteiger partial charge in [0, 0.05) is 18.0 Å². The summed E-state index contributed by atoms with van der Waals surface area (Å²) in [4.78, 5) is 23.4. The van der Waals surface area contributed by atoms with Crippen LogP contribution in [-0.2, 0) is 0 Å². The summed E-state index contributed by atoms with van der Waals surface area (Å²) in [5, 5.41) is 29.9. The summed E-state index contributed by atoms with van der Waals surface area (Å²) in [5.41, 5.74) is -0.335. The van der Waals surface area contributed by atoms with Crippen molar-refractivity contribution in [3.05, 3.63) is 69.8 Å². The molecule has 0 fully saturated rings. The molecule has 3 rings (SSSR count). The number of carboxylic acids is 1. The Morgan fingerprint density at radius 1 is 1.26 bits per heavy atom. The zero-order valence-electron chi connectivity index (χ0n) is 13.3. The standard InChI is InChI=1S/C17H9BrFN5O3/c18-11-5-10(17(26)27)14(6-12(11)19)21-16(25)13-1-2-15(23-22-13)24-4-3-9(7-20)8-24/h1-6,8H,(H,21,25)(H,26,27)/p-1. The maximum Gasteiger partial charge on any atom is 0.276 e. The van der Waals surface area contributed by atoms with Crippen molar-refractivity contribution < 1.29 is 19.1 Å². The number of hydrogen-bond donors (Lipinski definition) is 1. The van der Waals surface area contributed by atoms with Crippen LogP contribution in [-0.4, -0.2) is 26.6 Å². The van der Waals surface area contributed by atoms with Crippen molar-refractivity contribution in [1.29, 1.82) is 5.26 Å². The molecule has 0 aliphatic carbocycles. The SMILES string of the molecule is N#Cc1ccn(-c2ccc(C(=O)Nc3cc(F)c(Br)cc3C(=O)[O-])nn2)c1. The Morgan fingerprint density at radius 2 is 2.04 bits per heavy atom. The predicted molar refractivity (Wildman–Crippen MR) is 92.5 cm³/mol. The van der Waals surface area contributed by atoms with Gasteiger partial charge < -0.3 is 19.8 Å². The minimum absolute atomic E-state index is 0.0766. The second-order valence-electron chi connectivity index (χ2n) is 5.25. The number of nitrogens with one attached hydrogen (secondary N) is 1. The van der Waals surface area contributed by atoms with Crippen LogP contribution in [0.1, 0.15) is 26.4 Å². The van der Waals surface area contributed by atoms with Gasteiger partial charge in [-0.25, -0.2) is 4.39 Å². The molecular formula is C17H8BrFN5O3-. The number of carbonyl (C=O) groups is 2. The van der Waals surface area contributed by atoms with Crippen LogP contribution in [0.3, 0.4) is 0 Å². The lowest BCUT2D eigenvalue weighted by atomic mass is 10.1. The first-order chi connectivity index (χ1) is 12.9. The third-order valence-electron chi connectivity index (χ3n) is 3.50. The fourth-order valence-electron chi connectivity index (χ4n) is 2.19. The van der Waals surface area contributed by atoms with Crippen molar-refractivity contribution in [3.63, 3.8) is 0 Å². The van der Waals surface area contributed by atoms with Crippen LogP contribution in [0.5, 0.6) is 0 Å². The minimum atomic E-state index is -1.58. The third-order valence-corrected chi connectivity index (χ3v) is 4.11. The van der Waals surface area contributed by atoms with Crippen molar-refractivity contribution in [2.45, 2.75) is 0 Å². The maximum absolute atomic E-state index is 13.7. The van der Waals surface area contributed by atoms with E-state index in [1.54, 1.807) is 23.0 Å². The summed E-state index contributed by atoms with van der Waals surface area (Å²) in [6, 6.07) is 8.27. The lowest BCUT2D eigenvalue weighted by Crippen LogP contribution is -2.25. The molecule has 3 aromatic rings. The topological polar surface area (TPSA) is 124 Å². The van der Waals surface area contributed by atoms with Crippen molar-refractivity contribution in [2.24, 2.45) is 0 Å². The molecule has 1 N–H and O–H groups in total. The molecule has 10 heteroatoms. The van der Waals surface area contributed by atoms with Gasteiger partial charge in [0.25, 0.3) is 5.91 Å². The van der Waals surface area contributed by atoms with E-state index >= 15 is 0 Å². The van der Waals surface area contributed by atoms with Crippen LogP contribution in [0.25, 0.3) is 5.82 Å². The summed E-state index contributed by atoms with van der Waals surface area (Å²) in [5.74, 6) is -2.73. The van der Waals surface area contributed by atoms with E-state index in [2.05, 4.69) is 31.4 Å². The number of anilines is 1. The molecule has 2 aromatic heterocycles. The Hall–Kier alpha value is -3.58. The highest BCUT2D eigenvalue weighted by molar-refractivity contribution is 9.10. The Labute approximate surface area is 160 Å². The van der Waals surface area contributed by atoms with Crippen LogP contribution in [0.4, 0.5) is 10.1 Å². The van der Waals surface area contributed by atoms with Crippen LogP contribution in [0.15, 0.2) is 47.2 Å². The number of benzene rings is 1. The first-order valence-electron chi connectivity index (χ1n) is 7.33. The smallest absolute Gasteiger partial charge is 0.276 e. The molecule has 0 bridgehead atoms. The van der Waals surface area contributed by atoms with E-state index in [0.29, 0.717) is 11.4 Å². The van der Waals surface area contributed by atoms with Gasteiger partial charge in [0.1, 0.15) is 11.9 Å². The predicted octanol–water partition coefficient (Wildman–Crippen LogP) is 1.66. The molecule has 134 valence electrons. The monoisotopic (exact) mass is 428 g/mol. The van der Waals surface area contributed by atoms with E-state index < -0.39 is 23.3 Å². The van der Waals surface area contributed by atoms with Crippen LogP contribution >= 0.6 is 15.9 Å².